The molecule has 1 aromatic heterocycles. The monoisotopic (exact) mass is 347 g/mol. The van der Waals surface area contributed by atoms with Crippen molar-refractivity contribution < 1.29 is 9.53 Å². The number of nitrogens with one attached hydrogen (secondary N) is 2. The highest BCUT2D eigenvalue weighted by Gasteiger charge is 2.32. The number of carbonyl (C=O) groups excluding carboxylic acids is 1. The molecule has 0 fully saturated rings. The molecule has 2 N–H and O–H groups in total. The van der Waals surface area contributed by atoms with Gasteiger partial charge in [0.2, 0.25) is 5.91 Å². The minimum absolute atomic E-state index is 0.0863. The van der Waals surface area contributed by atoms with E-state index in [0.717, 1.165) is 12.0 Å². The van der Waals surface area contributed by atoms with Gasteiger partial charge in [-0.3, -0.25) is 19.4 Å². The number of aromatic nitrogens is 2. The molecular weight excluding hydrogens is 326 g/mol. The van der Waals surface area contributed by atoms with Crippen molar-refractivity contribution in [3.63, 3.8) is 0 Å². The number of aromatic amines is 1. The molecule has 2 atom stereocenters. The van der Waals surface area contributed by atoms with Crippen LogP contribution in [-0.4, -0.2) is 28.6 Å². The van der Waals surface area contributed by atoms with Gasteiger partial charge < -0.3 is 10.1 Å². The number of fused-ring (bicyclic) bond motifs is 1. The third-order valence-electron chi connectivity index (χ3n) is 4.32. The van der Waals surface area contributed by atoms with Crippen LogP contribution in [0.1, 0.15) is 42.7 Å². The number of amides is 1. The summed E-state index contributed by atoms with van der Waals surface area (Å²) in [6.07, 6.45) is 0.847. The van der Waals surface area contributed by atoms with Crippen LogP contribution < -0.4 is 15.6 Å². The highest BCUT2D eigenvalue weighted by Crippen LogP contribution is 2.43. The van der Waals surface area contributed by atoms with Gasteiger partial charge in [-0.1, -0.05) is 25.1 Å². The number of nitrogens with zero attached hydrogens (tertiary/aromatic N) is 1. The molecule has 2 unspecified atom stereocenters. The van der Waals surface area contributed by atoms with E-state index in [1.165, 1.54) is 11.8 Å². The van der Waals surface area contributed by atoms with Crippen LogP contribution in [0.2, 0.25) is 0 Å². The molecule has 1 aliphatic heterocycles. The van der Waals surface area contributed by atoms with E-state index in [1.807, 2.05) is 38.1 Å². The summed E-state index contributed by atoms with van der Waals surface area (Å²) in [5, 5.41) is 5.52. The third-order valence-corrected chi connectivity index (χ3v) is 5.57. The van der Waals surface area contributed by atoms with Crippen molar-refractivity contribution in [2.75, 3.05) is 18.2 Å². The molecular formula is C17H21N3O3S. The Morgan fingerprint density at radius 3 is 2.83 bits per heavy atom. The summed E-state index contributed by atoms with van der Waals surface area (Å²) < 4.78 is 7.23. The van der Waals surface area contributed by atoms with Gasteiger partial charge in [0.25, 0.3) is 5.56 Å². The lowest BCUT2D eigenvalue weighted by Gasteiger charge is -2.18. The molecule has 2 aromatic rings. The molecule has 1 amide bonds. The Kier molecular flexibility index (Phi) is 4.71. The predicted octanol–water partition coefficient (Wildman–Crippen LogP) is 2.93. The normalized spacial score (nSPS) is 18.5. The van der Waals surface area contributed by atoms with E-state index >= 15 is 0 Å². The average Bonchev–Trinajstić information content (AvgIpc) is 2.80. The van der Waals surface area contributed by atoms with Crippen LogP contribution in [0.5, 0.6) is 5.75 Å². The number of hydrogen-bond acceptors (Lipinski definition) is 4. The van der Waals surface area contributed by atoms with Crippen LogP contribution in [-0.2, 0) is 4.79 Å². The lowest BCUT2D eigenvalue weighted by Crippen LogP contribution is -2.18. The molecule has 0 bridgehead atoms. The number of anilines is 1. The van der Waals surface area contributed by atoms with Crippen molar-refractivity contribution in [1.29, 1.82) is 0 Å². The first kappa shape index (κ1) is 16.7. The maximum atomic E-state index is 12.7. The van der Waals surface area contributed by atoms with Crippen molar-refractivity contribution in [3.8, 4) is 5.75 Å². The maximum Gasteiger partial charge on any atom is 0.270 e. The van der Waals surface area contributed by atoms with Gasteiger partial charge in [0.15, 0.2) is 0 Å². The van der Waals surface area contributed by atoms with E-state index in [1.54, 1.807) is 11.8 Å². The summed E-state index contributed by atoms with van der Waals surface area (Å²) in [5.74, 6) is 1.47. The minimum Gasteiger partial charge on any atom is -0.496 e. The van der Waals surface area contributed by atoms with Gasteiger partial charge in [0, 0.05) is 11.6 Å². The standard InChI is InChI=1S/C17H21N3O3S/c1-4-10(2)20-16-14(17(22)19-20)15(24-9-13(21)18-16)11-7-5-6-8-12(11)23-3/h5-8,10,15H,4,9H2,1-3H3,(H,18,21)(H,19,22). The molecule has 3 rings (SSSR count). The predicted molar refractivity (Wildman–Crippen MR) is 96.0 cm³/mol. The highest BCUT2D eigenvalue weighted by molar-refractivity contribution is 8.00. The Balaban J connectivity index is 2.20. The van der Waals surface area contributed by atoms with Gasteiger partial charge in [-0.2, -0.15) is 0 Å². The Morgan fingerprint density at radius 2 is 2.12 bits per heavy atom. The van der Waals surface area contributed by atoms with E-state index in [0.29, 0.717) is 17.1 Å². The van der Waals surface area contributed by atoms with Crippen molar-refractivity contribution in [1.82, 2.24) is 9.78 Å². The number of carbonyl (C=O) groups is 1. The number of rotatable bonds is 4. The summed E-state index contributed by atoms with van der Waals surface area (Å²) in [5.41, 5.74) is 1.31. The van der Waals surface area contributed by atoms with Crippen LogP contribution in [0.4, 0.5) is 5.82 Å². The SMILES string of the molecule is CCC(C)n1[nH]c(=O)c2c1NC(=O)CSC2c1ccccc1OC. The van der Waals surface area contributed by atoms with Gasteiger partial charge in [-0.25, -0.2) is 0 Å². The fourth-order valence-corrected chi connectivity index (χ4v) is 4.04. The molecule has 0 aliphatic carbocycles. The molecule has 24 heavy (non-hydrogen) atoms. The van der Waals surface area contributed by atoms with Crippen LogP contribution in [0.3, 0.4) is 0 Å². The van der Waals surface area contributed by atoms with Crippen LogP contribution in [0.15, 0.2) is 29.1 Å². The molecule has 0 spiro atoms. The zero-order chi connectivity index (χ0) is 17.3. The second kappa shape index (κ2) is 6.76. The first-order valence-electron chi connectivity index (χ1n) is 7.95. The number of para-hydroxylation sites is 1. The summed E-state index contributed by atoms with van der Waals surface area (Å²) >= 11 is 1.44. The molecule has 128 valence electrons. The zero-order valence-corrected chi connectivity index (χ0v) is 14.8. The fourth-order valence-electron chi connectivity index (χ4n) is 2.89. The molecule has 1 aromatic carbocycles. The third kappa shape index (κ3) is 2.84. The van der Waals surface area contributed by atoms with Crippen LogP contribution in [0, 0.1) is 0 Å². The Hall–Kier alpha value is -2.15. The van der Waals surface area contributed by atoms with Gasteiger partial charge >= 0.3 is 0 Å². The van der Waals surface area contributed by atoms with Crippen molar-refractivity contribution in [2.45, 2.75) is 31.6 Å². The topological polar surface area (TPSA) is 76.1 Å². The summed E-state index contributed by atoms with van der Waals surface area (Å²) in [6, 6.07) is 7.70. The summed E-state index contributed by atoms with van der Waals surface area (Å²) in [6.45, 7) is 4.05. The first-order chi connectivity index (χ1) is 11.6. The van der Waals surface area contributed by atoms with Crippen molar-refractivity contribution >= 4 is 23.5 Å². The molecule has 1 aliphatic rings. The largest absolute Gasteiger partial charge is 0.496 e. The van der Waals surface area contributed by atoms with Crippen molar-refractivity contribution in [3.05, 3.63) is 45.7 Å². The van der Waals surface area contributed by atoms with E-state index in [9.17, 15) is 9.59 Å². The molecule has 6 nitrogen and oxygen atoms in total. The zero-order valence-electron chi connectivity index (χ0n) is 14.0. The number of thioether (sulfide) groups is 1. The highest BCUT2D eigenvalue weighted by atomic mass is 32.2. The Bertz CT molecular complexity index is 812. The second-order valence-electron chi connectivity index (χ2n) is 5.81. The smallest absolute Gasteiger partial charge is 0.270 e. The van der Waals surface area contributed by atoms with E-state index < -0.39 is 0 Å². The first-order valence-corrected chi connectivity index (χ1v) is 9.00. The quantitative estimate of drug-likeness (QED) is 0.892. The maximum absolute atomic E-state index is 12.7. The van der Waals surface area contributed by atoms with Crippen LogP contribution in [0.25, 0.3) is 0 Å². The summed E-state index contributed by atoms with van der Waals surface area (Å²) in [4.78, 5) is 24.8. The van der Waals surface area contributed by atoms with Crippen molar-refractivity contribution in [2.24, 2.45) is 0 Å². The minimum atomic E-state index is -0.260. The van der Waals surface area contributed by atoms with Gasteiger partial charge in [-0.05, 0) is 19.4 Å². The van der Waals surface area contributed by atoms with Crippen LogP contribution >= 0.6 is 11.8 Å². The molecule has 0 saturated carbocycles. The number of H-pyrrole nitrogens is 1. The average molecular weight is 347 g/mol. The lowest BCUT2D eigenvalue weighted by molar-refractivity contribution is -0.113. The Morgan fingerprint density at radius 1 is 1.38 bits per heavy atom. The number of ether oxygens (including phenoxy) is 1. The van der Waals surface area contributed by atoms with Gasteiger partial charge in [0.1, 0.15) is 11.6 Å². The Labute approximate surface area is 144 Å². The number of hydrogen-bond donors (Lipinski definition) is 2. The second-order valence-corrected chi connectivity index (χ2v) is 6.91. The van der Waals surface area contributed by atoms with E-state index in [4.69, 9.17) is 4.74 Å². The molecule has 0 saturated heterocycles. The molecule has 7 heteroatoms. The molecule has 2 heterocycles. The van der Waals surface area contributed by atoms with Gasteiger partial charge in [-0.15, -0.1) is 11.8 Å². The van der Waals surface area contributed by atoms with E-state index in [-0.39, 0.29) is 28.5 Å². The fraction of sp³-hybridized carbons (Fsp3) is 0.412. The summed E-state index contributed by atoms with van der Waals surface area (Å²) in [7, 11) is 1.61. The number of methoxy groups -OCH3 is 1. The lowest BCUT2D eigenvalue weighted by atomic mass is 10.0. The number of benzene rings is 1. The molecule has 0 radical (unpaired) electrons. The van der Waals surface area contributed by atoms with Gasteiger partial charge in [0.05, 0.1) is 23.7 Å². The van der Waals surface area contributed by atoms with E-state index in [2.05, 4.69) is 10.4 Å².